The van der Waals surface area contributed by atoms with Gasteiger partial charge in [0.15, 0.2) is 11.6 Å². The van der Waals surface area contributed by atoms with Crippen molar-refractivity contribution in [2.75, 3.05) is 13.1 Å². The minimum Gasteiger partial charge on any atom is -0.353 e. The summed E-state index contributed by atoms with van der Waals surface area (Å²) in [6.07, 6.45) is 0.894. The van der Waals surface area contributed by atoms with Crippen LogP contribution >= 0.6 is 0 Å². The summed E-state index contributed by atoms with van der Waals surface area (Å²) in [5, 5.41) is 0. The molecule has 0 aromatic heterocycles. The molecule has 2 fully saturated rings. The number of ketones is 2. The molecular weight excluding hydrogens is 312 g/mol. The van der Waals surface area contributed by atoms with Gasteiger partial charge in [0.1, 0.15) is 11.4 Å². The summed E-state index contributed by atoms with van der Waals surface area (Å²) in [5.41, 5.74) is 1.40. The Balaban J connectivity index is 2.00. The molecule has 1 saturated carbocycles. The fourth-order valence-corrected chi connectivity index (χ4v) is 3.90. The predicted molar refractivity (Wildman–Crippen MR) is 98.7 cm³/mol. The van der Waals surface area contributed by atoms with Crippen LogP contribution in [0.4, 0.5) is 0 Å². The second-order valence-corrected chi connectivity index (χ2v) is 8.26. The first-order valence-electron chi connectivity index (χ1n) is 9.15. The number of hydrogen-bond donors (Lipinski definition) is 0. The van der Waals surface area contributed by atoms with E-state index >= 15 is 0 Å². The van der Waals surface area contributed by atoms with Crippen LogP contribution in [0.1, 0.15) is 46.1 Å². The second-order valence-electron chi connectivity index (χ2n) is 8.26. The maximum absolute atomic E-state index is 12.8. The molecule has 0 amide bonds. The minimum atomic E-state index is -0.232. The SMILES string of the molecule is CC(C)N1CCN(Cc2ccccc2)C1=C1C(=O)CC(C)(C)CC1=O. The van der Waals surface area contributed by atoms with E-state index in [2.05, 4.69) is 35.8 Å². The first-order chi connectivity index (χ1) is 11.8. The summed E-state index contributed by atoms with van der Waals surface area (Å²) in [6, 6.07) is 10.5. The summed E-state index contributed by atoms with van der Waals surface area (Å²) in [6.45, 7) is 10.7. The van der Waals surface area contributed by atoms with E-state index in [4.69, 9.17) is 0 Å². The average Bonchev–Trinajstić information content (AvgIpc) is 2.90. The van der Waals surface area contributed by atoms with Gasteiger partial charge in [0.05, 0.1) is 0 Å². The lowest BCUT2D eigenvalue weighted by Gasteiger charge is -2.34. The van der Waals surface area contributed by atoms with Crippen molar-refractivity contribution in [3.8, 4) is 0 Å². The van der Waals surface area contributed by atoms with E-state index in [1.807, 2.05) is 32.0 Å². The Bertz CT molecular complexity index is 682. The van der Waals surface area contributed by atoms with Gasteiger partial charge >= 0.3 is 0 Å². The Morgan fingerprint density at radius 3 is 2.16 bits per heavy atom. The third kappa shape index (κ3) is 3.63. The summed E-state index contributed by atoms with van der Waals surface area (Å²) in [7, 11) is 0. The van der Waals surface area contributed by atoms with E-state index in [1.165, 1.54) is 5.56 Å². The number of carbonyl (C=O) groups excluding carboxylic acids is 2. The van der Waals surface area contributed by atoms with Gasteiger partial charge < -0.3 is 9.80 Å². The number of benzene rings is 1. The van der Waals surface area contributed by atoms with E-state index in [-0.39, 0.29) is 23.0 Å². The van der Waals surface area contributed by atoms with Crippen LogP contribution in [0.2, 0.25) is 0 Å². The Morgan fingerprint density at radius 1 is 1.00 bits per heavy atom. The van der Waals surface area contributed by atoms with Gasteiger partial charge in [-0.1, -0.05) is 44.2 Å². The van der Waals surface area contributed by atoms with Gasteiger partial charge in [-0.2, -0.15) is 0 Å². The van der Waals surface area contributed by atoms with Gasteiger partial charge in [0.25, 0.3) is 0 Å². The van der Waals surface area contributed by atoms with Crippen LogP contribution in [0, 0.1) is 5.41 Å². The Kier molecular flexibility index (Phi) is 4.72. The van der Waals surface area contributed by atoms with Gasteiger partial charge in [-0.3, -0.25) is 9.59 Å². The van der Waals surface area contributed by atoms with Gasteiger partial charge in [-0.25, -0.2) is 0 Å². The molecule has 1 aromatic rings. The lowest BCUT2D eigenvalue weighted by Crippen LogP contribution is -2.38. The van der Waals surface area contributed by atoms with Crippen molar-refractivity contribution in [3.63, 3.8) is 0 Å². The quantitative estimate of drug-likeness (QED) is 0.625. The molecule has 25 heavy (non-hydrogen) atoms. The number of Topliss-reactive ketones (excluding diaryl/α,β-unsaturated/α-hetero) is 2. The molecule has 0 bridgehead atoms. The van der Waals surface area contributed by atoms with Crippen molar-refractivity contribution in [2.24, 2.45) is 5.41 Å². The topological polar surface area (TPSA) is 40.6 Å². The van der Waals surface area contributed by atoms with Crippen LogP contribution in [-0.2, 0) is 16.1 Å². The van der Waals surface area contributed by atoms with Crippen molar-refractivity contribution in [1.29, 1.82) is 0 Å². The summed E-state index contributed by atoms with van der Waals surface area (Å²) >= 11 is 0. The third-order valence-corrected chi connectivity index (χ3v) is 5.08. The number of allylic oxidation sites excluding steroid dienone is 1. The van der Waals surface area contributed by atoms with Crippen LogP contribution in [0.15, 0.2) is 41.7 Å². The lowest BCUT2D eigenvalue weighted by molar-refractivity contribution is -0.127. The molecule has 4 nitrogen and oxygen atoms in total. The van der Waals surface area contributed by atoms with E-state index in [0.29, 0.717) is 18.4 Å². The highest BCUT2D eigenvalue weighted by atomic mass is 16.2. The molecule has 1 aliphatic heterocycles. The fraction of sp³-hybridized carbons (Fsp3) is 0.524. The Labute approximate surface area is 150 Å². The van der Waals surface area contributed by atoms with Gasteiger partial charge in [0, 0.05) is 38.5 Å². The van der Waals surface area contributed by atoms with Gasteiger partial charge in [0.2, 0.25) is 0 Å². The number of nitrogens with zero attached hydrogens (tertiary/aromatic N) is 2. The van der Waals surface area contributed by atoms with Crippen LogP contribution < -0.4 is 0 Å². The number of carbonyl (C=O) groups is 2. The fourth-order valence-electron chi connectivity index (χ4n) is 3.90. The van der Waals surface area contributed by atoms with Gasteiger partial charge in [-0.15, -0.1) is 0 Å². The van der Waals surface area contributed by atoms with E-state index < -0.39 is 0 Å². The summed E-state index contributed by atoms with van der Waals surface area (Å²) in [5.74, 6) is 0.855. The minimum absolute atomic E-state index is 0.00172. The van der Waals surface area contributed by atoms with Crippen LogP contribution in [-0.4, -0.2) is 40.5 Å². The zero-order valence-electron chi connectivity index (χ0n) is 15.7. The molecule has 2 aliphatic rings. The van der Waals surface area contributed by atoms with Gasteiger partial charge in [-0.05, 0) is 24.8 Å². The zero-order valence-corrected chi connectivity index (χ0v) is 15.7. The first kappa shape index (κ1) is 17.7. The monoisotopic (exact) mass is 340 g/mol. The van der Waals surface area contributed by atoms with Crippen LogP contribution in [0.3, 0.4) is 0 Å². The maximum atomic E-state index is 12.8. The van der Waals surface area contributed by atoms with Crippen LogP contribution in [0.5, 0.6) is 0 Å². The third-order valence-electron chi connectivity index (χ3n) is 5.08. The molecule has 0 atom stereocenters. The number of hydrogen-bond acceptors (Lipinski definition) is 4. The molecule has 0 radical (unpaired) electrons. The highest BCUT2D eigenvalue weighted by Crippen LogP contribution is 2.37. The molecular formula is C21H28N2O2. The lowest BCUT2D eigenvalue weighted by atomic mass is 9.74. The smallest absolute Gasteiger partial charge is 0.170 e. The first-order valence-corrected chi connectivity index (χ1v) is 9.15. The second kappa shape index (κ2) is 6.66. The highest BCUT2D eigenvalue weighted by molar-refractivity contribution is 6.22. The molecule has 1 heterocycles. The van der Waals surface area contributed by atoms with E-state index in [0.717, 1.165) is 25.5 Å². The predicted octanol–water partition coefficient (Wildman–Crippen LogP) is 3.38. The Morgan fingerprint density at radius 2 is 1.60 bits per heavy atom. The molecule has 1 saturated heterocycles. The van der Waals surface area contributed by atoms with Crippen molar-refractivity contribution in [2.45, 2.75) is 53.1 Å². The maximum Gasteiger partial charge on any atom is 0.170 e. The van der Waals surface area contributed by atoms with Crippen molar-refractivity contribution >= 4 is 11.6 Å². The summed E-state index contributed by atoms with van der Waals surface area (Å²) in [4.78, 5) is 30.1. The Hall–Kier alpha value is -2.10. The molecule has 134 valence electrons. The molecule has 3 rings (SSSR count). The van der Waals surface area contributed by atoms with Crippen molar-refractivity contribution < 1.29 is 9.59 Å². The van der Waals surface area contributed by atoms with Crippen molar-refractivity contribution in [3.05, 3.63) is 47.3 Å². The molecule has 0 unspecified atom stereocenters. The molecule has 0 spiro atoms. The highest BCUT2D eigenvalue weighted by Gasteiger charge is 2.41. The van der Waals surface area contributed by atoms with E-state index in [1.54, 1.807) is 0 Å². The van der Waals surface area contributed by atoms with E-state index in [9.17, 15) is 9.59 Å². The number of rotatable bonds is 3. The van der Waals surface area contributed by atoms with Crippen LogP contribution in [0.25, 0.3) is 0 Å². The molecule has 1 aliphatic carbocycles. The summed E-state index contributed by atoms with van der Waals surface area (Å²) < 4.78 is 0. The largest absolute Gasteiger partial charge is 0.353 e. The van der Waals surface area contributed by atoms with Crippen molar-refractivity contribution in [1.82, 2.24) is 9.80 Å². The zero-order chi connectivity index (χ0) is 18.2. The average molecular weight is 340 g/mol. The molecule has 1 aromatic carbocycles. The standard InChI is InChI=1S/C21H28N2O2/c1-15(2)23-11-10-22(14-16-8-6-5-7-9-16)20(23)19-17(24)12-21(3,4)13-18(19)25/h5-9,15H,10-14H2,1-4H3. The molecule has 4 heteroatoms. The molecule has 0 N–H and O–H groups in total. The normalized spacial score (nSPS) is 20.8.